The summed E-state index contributed by atoms with van der Waals surface area (Å²) in [5.74, 6) is -0.0150. The summed E-state index contributed by atoms with van der Waals surface area (Å²) >= 11 is 1.54. The Morgan fingerprint density at radius 1 is 1.48 bits per heavy atom. The van der Waals surface area contributed by atoms with Crippen molar-refractivity contribution in [1.82, 2.24) is 4.90 Å². The molecular formula is C15H19NO4S. The lowest BCUT2D eigenvalue weighted by Crippen LogP contribution is -2.45. The molecule has 0 bridgehead atoms. The van der Waals surface area contributed by atoms with Crippen LogP contribution in [-0.2, 0) is 17.8 Å². The molecule has 1 aromatic rings. The van der Waals surface area contributed by atoms with Crippen molar-refractivity contribution >= 4 is 17.2 Å². The second-order valence-electron chi connectivity index (χ2n) is 6.33. The summed E-state index contributed by atoms with van der Waals surface area (Å²) in [5.41, 5.74) is 0.0167. The molecule has 3 atom stereocenters. The van der Waals surface area contributed by atoms with Gasteiger partial charge in [0.25, 0.3) is 5.91 Å². The minimum atomic E-state index is -1.10. The summed E-state index contributed by atoms with van der Waals surface area (Å²) in [5, 5.41) is 20.5. The number of fused-ring (bicyclic) bond motifs is 2. The Balaban J connectivity index is 1.55. The average Bonchev–Trinajstić information content (AvgIpc) is 3.12. The lowest BCUT2D eigenvalue weighted by Gasteiger charge is -2.25. The van der Waals surface area contributed by atoms with Gasteiger partial charge in [-0.2, -0.15) is 0 Å². The van der Waals surface area contributed by atoms with Crippen LogP contribution in [0.1, 0.15) is 33.0 Å². The molecule has 1 aliphatic carbocycles. The van der Waals surface area contributed by atoms with Crippen molar-refractivity contribution in [3.05, 3.63) is 21.4 Å². The summed E-state index contributed by atoms with van der Waals surface area (Å²) in [6, 6.07) is 1.93. The predicted molar refractivity (Wildman–Crippen MR) is 77.3 cm³/mol. The van der Waals surface area contributed by atoms with Gasteiger partial charge in [0, 0.05) is 23.8 Å². The Hall–Kier alpha value is -0.950. The van der Waals surface area contributed by atoms with Crippen molar-refractivity contribution < 1.29 is 19.7 Å². The van der Waals surface area contributed by atoms with Gasteiger partial charge in [0.15, 0.2) is 0 Å². The van der Waals surface area contributed by atoms with E-state index in [-0.39, 0.29) is 18.4 Å². The number of ether oxygens (including phenoxy) is 1. The second-order valence-corrected chi connectivity index (χ2v) is 7.47. The average molecular weight is 309 g/mol. The van der Waals surface area contributed by atoms with Crippen LogP contribution in [0.15, 0.2) is 6.07 Å². The number of nitrogens with zero attached hydrogens (tertiary/aromatic N) is 1. The first-order chi connectivity index (χ1) is 10.1. The molecule has 3 unspecified atom stereocenters. The van der Waals surface area contributed by atoms with Crippen LogP contribution in [0, 0.1) is 5.92 Å². The van der Waals surface area contributed by atoms with Crippen molar-refractivity contribution in [2.24, 2.45) is 5.92 Å². The number of likely N-dealkylation sites (tertiary alicyclic amines) is 1. The van der Waals surface area contributed by atoms with Crippen molar-refractivity contribution in [1.29, 1.82) is 0 Å². The molecule has 0 radical (unpaired) electrons. The van der Waals surface area contributed by atoms with Crippen LogP contribution in [0.3, 0.4) is 0 Å². The van der Waals surface area contributed by atoms with Crippen LogP contribution < -0.4 is 0 Å². The molecule has 1 saturated carbocycles. The second kappa shape index (κ2) is 4.78. The smallest absolute Gasteiger partial charge is 0.264 e. The van der Waals surface area contributed by atoms with Gasteiger partial charge in [0.2, 0.25) is 0 Å². The summed E-state index contributed by atoms with van der Waals surface area (Å²) in [7, 11) is 0. The highest BCUT2D eigenvalue weighted by Gasteiger charge is 2.55. The summed E-state index contributed by atoms with van der Waals surface area (Å²) in [6.07, 6.45) is 1.59. The van der Waals surface area contributed by atoms with E-state index in [1.165, 1.54) is 4.88 Å². The Labute approximate surface area is 127 Å². The molecular weight excluding hydrogens is 290 g/mol. The summed E-state index contributed by atoms with van der Waals surface area (Å²) < 4.78 is 5.41. The van der Waals surface area contributed by atoms with Crippen LogP contribution in [-0.4, -0.2) is 52.4 Å². The van der Waals surface area contributed by atoms with Gasteiger partial charge in [-0.3, -0.25) is 4.79 Å². The SMILES string of the molecule is O=C(c1cc2c(s1)CCOC2)N1CC2CCC(O)C2(O)C1. The third-order valence-corrected chi connectivity index (χ3v) is 6.31. The first kappa shape index (κ1) is 13.7. The summed E-state index contributed by atoms with van der Waals surface area (Å²) in [6.45, 7) is 2.10. The zero-order valence-electron chi connectivity index (χ0n) is 11.7. The maximum absolute atomic E-state index is 12.6. The normalized spacial score (nSPS) is 34.9. The summed E-state index contributed by atoms with van der Waals surface area (Å²) in [4.78, 5) is 16.3. The number of carbonyl (C=O) groups excluding carboxylic acids is 1. The largest absolute Gasteiger partial charge is 0.390 e. The maximum Gasteiger partial charge on any atom is 0.264 e. The number of amides is 1. The van der Waals surface area contributed by atoms with Gasteiger partial charge in [-0.25, -0.2) is 0 Å². The van der Waals surface area contributed by atoms with Crippen LogP contribution in [0.5, 0.6) is 0 Å². The fourth-order valence-electron chi connectivity index (χ4n) is 3.81. The number of rotatable bonds is 1. The van der Waals surface area contributed by atoms with Crippen molar-refractivity contribution in [2.75, 3.05) is 19.7 Å². The highest BCUT2D eigenvalue weighted by Crippen LogP contribution is 2.42. The highest BCUT2D eigenvalue weighted by molar-refractivity contribution is 7.14. The molecule has 5 nitrogen and oxygen atoms in total. The molecule has 4 rings (SSSR count). The lowest BCUT2D eigenvalue weighted by molar-refractivity contribution is -0.0606. The van der Waals surface area contributed by atoms with Crippen LogP contribution in [0.25, 0.3) is 0 Å². The topological polar surface area (TPSA) is 70.0 Å². The number of carbonyl (C=O) groups is 1. The molecule has 3 heterocycles. The zero-order chi connectivity index (χ0) is 14.6. The lowest BCUT2D eigenvalue weighted by atomic mass is 9.93. The Morgan fingerprint density at radius 2 is 2.33 bits per heavy atom. The van der Waals surface area contributed by atoms with E-state index in [9.17, 15) is 15.0 Å². The van der Waals surface area contributed by atoms with Crippen molar-refractivity contribution in [3.8, 4) is 0 Å². The van der Waals surface area contributed by atoms with E-state index in [2.05, 4.69) is 0 Å². The minimum absolute atomic E-state index is 0.00868. The molecule has 21 heavy (non-hydrogen) atoms. The van der Waals surface area contributed by atoms with E-state index >= 15 is 0 Å². The first-order valence-electron chi connectivity index (χ1n) is 7.47. The van der Waals surface area contributed by atoms with Gasteiger partial charge in [-0.15, -0.1) is 11.3 Å². The fraction of sp³-hybridized carbons (Fsp3) is 0.667. The number of hydrogen-bond acceptors (Lipinski definition) is 5. The van der Waals surface area contributed by atoms with Crippen LogP contribution in [0.2, 0.25) is 0 Å². The number of aliphatic hydroxyl groups excluding tert-OH is 1. The Morgan fingerprint density at radius 3 is 3.10 bits per heavy atom. The van der Waals surface area contributed by atoms with Gasteiger partial charge < -0.3 is 19.8 Å². The molecule has 2 aliphatic heterocycles. The molecule has 0 spiro atoms. The Bertz CT molecular complexity index is 563. The molecule has 1 amide bonds. The van der Waals surface area contributed by atoms with Gasteiger partial charge >= 0.3 is 0 Å². The number of thiophene rings is 1. The molecule has 0 aromatic carbocycles. The van der Waals surface area contributed by atoms with Crippen molar-refractivity contribution in [2.45, 2.75) is 37.6 Å². The molecule has 2 N–H and O–H groups in total. The minimum Gasteiger partial charge on any atom is -0.390 e. The predicted octanol–water partition coefficient (Wildman–Crippen LogP) is 0.779. The quantitative estimate of drug-likeness (QED) is 0.804. The Kier molecular flexibility index (Phi) is 3.11. The van der Waals surface area contributed by atoms with E-state index in [4.69, 9.17) is 4.74 Å². The van der Waals surface area contributed by atoms with Gasteiger partial charge in [-0.1, -0.05) is 0 Å². The van der Waals surface area contributed by atoms with Gasteiger partial charge in [-0.05, 0) is 24.5 Å². The number of aliphatic hydroxyl groups is 2. The van der Waals surface area contributed by atoms with Crippen LogP contribution in [0.4, 0.5) is 0 Å². The van der Waals surface area contributed by atoms with Gasteiger partial charge in [0.1, 0.15) is 5.60 Å². The van der Waals surface area contributed by atoms with Crippen LogP contribution >= 0.6 is 11.3 Å². The van der Waals surface area contributed by atoms with E-state index in [0.717, 1.165) is 29.9 Å². The highest BCUT2D eigenvalue weighted by atomic mass is 32.1. The third kappa shape index (κ3) is 2.04. The van der Waals surface area contributed by atoms with E-state index < -0.39 is 11.7 Å². The number of hydrogen-bond donors (Lipinski definition) is 2. The molecule has 3 aliphatic rings. The standard InChI is InChI=1S/C15H19NO4S/c17-13-2-1-10-6-16(8-15(10,13)19)14(18)12-5-9-7-20-4-3-11(9)21-12/h5,10,13,17,19H,1-4,6-8H2. The van der Waals surface area contributed by atoms with Gasteiger partial charge in [0.05, 0.1) is 30.7 Å². The molecule has 6 heteroatoms. The maximum atomic E-state index is 12.6. The van der Waals surface area contributed by atoms with Crippen molar-refractivity contribution in [3.63, 3.8) is 0 Å². The zero-order valence-corrected chi connectivity index (χ0v) is 12.6. The third-order valence-electron chi connectivity index (χ3n) is 5.08. The molecule has 114 valence electrons. The van der Waals surface area contributed by atoms with E-state index in [1.54, 1.807) is 16.2 Å². The fourth-order valence-corrected chi connectivity index (χ4v) is 4.93. The molecule has 1 aromatic heterocycles. The first-order valence-corrected chi connectivity index (χ1v) is 8.28. The molecule has 1 saturated heterocycles. The molecule has 2 fully saturated rings. The number of β-amino-alcohol motifs (C(OH)–C–C–N with tert-alkyl or cyclic N) is 1. The van der Waals surface area contributed by atoms with E-state index in [0.29, 0.717) is 19.6 Å². The van der Waals surface area contributed by atoms with E-state index in [1.807, 2.05) is 6.07 Å². The monoisotopic (exact) mass is 309 g/mol.